The van der Waals surface area contributed by atoms with Gasteiger partial charge in [0.15, 0.2) is 0 Å². The monoisotopic (exact) mass is 590 g/mol. The van der Waals surface area contributed by atoms with Crippen LogP contribution in [0.5, 0.6) is 0 Å². The molecule has 0 spiro atoms. The lowest BCUT2D eigenvalue weighted by atomic mass is 9.63. The van der Waals surface area contributed by atoms with Crippen molar-refractivity contribution >= 4 is 29.5 Å². The SMILES string of the molecule is CN(B(c1ccccc1)N(c1ccccc1)c1ccc(-c2cc(-c3ccccc3)cc(-c3ccccc3)c2)cc1)c1ccccc1. The second-order valence-electron chi connectivity index (χ2n) is 11.5. The molecule has 0 bridgehead atoms. The van der Waals surface area contributed by atoms with Crippen LogP contribution in [0.4, 0.5) is 17.1 Å². The maximum atomic E-state index is 2.43. The number of hydrogen-bond donors (Lipinski definition) is 0. The van der Waals surface area contributed by atoms with E-state index in [0.717, 1.165) is 17.1 Å². The molecular weight excluding hydrogens is 555 g/mol. The summed E-state index contributed by atoms with van der Waals surface area (Å²) in [5, 5.41) is 0. The highest BCUT2D eigenvalue weighted by Crippen LogP contribution is 2.35. The van der Waals surface area contributed by atoms with Gasteiger partial charge in [0.05, 0.1) is 0 Å². The summed E-state index contributed by atoms with van der Waals surface area (Å²) in [5.41, 5.74) is 11.8. The third-order valence-corrected chi connectivity index (χ3v) is 8.53. The molecule has 0 aliphatic rings. The fraction of sp³-hybridized carbons (Fsp3) is 0.0233. The molecule has 2 nitrogen and oxygen atoms in total. The second kappa shape index (κ2) is 13.5. The third-order valence-electron chi connectivity index (χ3n) is 8.53. The average molecular weight is 591 g/mol. The molecule has 7 rings (SSSR count). The van der Waals surface area contributed by atoms with Crippen LogP contribution in [0.25, 0.3) is 33.4 Å². The first-order valence-electron chi connectivity index (χ1n) is 15.8. The van der Waals surface area contributed by atoms with Crippen molar-refractivity contribution in [1.29, 1.82) is 0 Å². The van der Waals surface area contributed by atoms with Crippen molar-refractivity contribution in [2.45, 2.75) is 0 Å². The van der Waals surface area contributed by atoms with Crippen molar-refractivity contribution in [2.24, 2.45) is 0 Å². The fourth-order valence-electron chi connectivity index (χ4n) is 6.20. The van der Waals surface area contributed by atoms with Crippen molar-refractivity contribution in [1.82, 2.24) is 0 Å². The van der Waals surface area contributed by atoms with E-state index in [2.05, 4.69) is 211 Å². The van der Waals surface area contributed by atoms with Crippen LogP contribution in [0.1, 0.15) is 0 Å². The van der Waals surface area contributed by atoms with E-state index in [1.807, 2.05) is 0 Å². The van der Waals surface area contributed by atoms with Crippen molar-refractivity contribution in [3.63, 3.8) is 0 Å². The number of benzene rings is 7. The second-order valence-corrected chi connectivity index (χ2v) is 11.5. The van der Waals surface area contributed by atoms with Gasteiger partial charge < -0.3 is 9.62 Å². The highest BCUT2D eigenvalue weighted by atomic mass is 15.2. The van der Waals surface area contributed by atoms with E-state index in [1.54, 1.807) is 0 Å². The smallest absolute Gasteiger partial charge is 0.395 e. The molecule has 0 aliphatic heterocycles. The number of nitrogens with zero attached hydrogens (tertiary/aromatic N) is 2. The quantitative estimate of drug-likeness (QED) is 0.154. The highest BCUT2D eigenvalue weighted by Gasteiger charge is 2.33. The summed E-state index contributed by atoms with van der Waals surface area (Å²) in [4.78, 5) is 4.79. The van der Waals surface area contributed by atoms with E-state index in [9.17, 15) is 0 Å². The first-order valence-corrected chi connectivity index (χ1v) is 15.8. The minimum Gasteiger partial charge on any atom is -0.395 e. The summed E-state index contributed by atoms with van der Waals surface area (Å²) in [5.74, 6) is 0. The molecule has 0 unspecified atom stereocenters. The van der Waals surface area contributed by atoms with Gasteiger partial charge in [-0.05, 0) is 100 Å². The van der Waals surface area contributed by atoms with Gasteiger partial charge in [0, 0.05) is 17.1 Å². The van der Waals surface area contributed by atoms with Crippen molar-refractivity contribution < 1.29 is 0 Å². The van der Waals surface area contributed by atoms with E-state index in [0.29, 0.717) is 0 Å². The molecule has 0 atom stereocenters. The highest BCUT2D eigenvalue weighted by molar-refractivity contribution is 6.81. The number of para-hydroxylation sites is 2. The third kappa shape index (κ3) is 6.22. The van der Waals surface area contributed by atoms with Gasteiger partial charge in [0.25, 0.3) is 0 Å². The van der Waals surface area contributed by atoms with Gasteiger partial charge in [0.1, 0.15) is 0 Å². The number of rotatable bonds is 9. The Balaban J connectivity index is 1.34. The Morgan fingerprint density at radius 1 is 0.326 bits per heavy atom. The van der Waals surface area contributed by atoms with Crippen LogP contribution in [-0.2, 0) is 0 Å². The van der Waals surface area contributed by atoms with Crippen LogP contribution in [0.3, 0.4) is 0 Å². The van der Waals surface area contributed by atoms with Gasteiger partial charge in [-0.15, -0.1) is 0 Å². The normalized spacial score (nSPS) is 10.7. The predicted molar refractivity (Wildman–Crippen MR) is 198 cm³/mol. The Labute approximate surface area is 273 Å². The molecule has 7 aromatic carbocycles. The summed E-state index contributed by atoms with van der Waals surface area (Å²) in [7, 11) is 2.18. The van der Waals surface area contributed by atoms with E-state index < -0.39 is 0 Å². The molecule has 0 N–H and O–H groups in total. The van der Waals surface area contributed by atoms with Crippen LogP contribution in [0, 0.1) is 0 Å². The van der Waals surface area contributed by atoms with E-state index in [4.69, 9.17) is 0 Å². The molecule has 46 heavy (non-hydrogen) atoms. The lowest BCUT2D eigenvalue weighted by molar-refractivity contribution is 1.24. The molecule has 0 heterocycles. The Kier molecular flexibility index (Phi) is 8.47. The summed E-state index contributed by atoms with van der Waals surface area (Å²) in [6.45, 7) is -0.0806. The van der Waals surface area contributed by atoms with Crippen molar-refractivity contribution in [3.8, 4) is 33.4 Å². The number of hydrogen-bond acceptors (Lipinski definition) is 2. The molecule has 0 aromatic heterocycles. The van der Waals surface area contributed by atoms with Crippen LogP contribution in [0.2, 0.25) is 0 Å². The van der Waals surface area contributed by atoms with Gasteiger partial charge in [-0.2, -0.15) is 0 Å². The first kappa shape index (κ1) is 28.9. The molecule has 0 saturated heterocycles. The zero-order valence-electron chi connectivity index (χ0n) is 25.9. The first-order chi connectivity index (χ1) is 22.7. The minimum absolute atomic E-state index is 0.0806. The Morgan fingerprint density at radius 2 is 0.674 bits per heavy atom. The van der Waals surface area contributed by atoms with Crippen LogP contribution in [-0.4, -0.2) is 14.0 Å². The lowest BCUT2D eigenvalue weighted by Gasteiger charge is -2.38. The number of anilines is 3. The van der Waals surface area contributed by atoms with Crippen LogP contribution in [0.15, 0.2) is 194 Å². The maximum Gasteiger partial charge on any atom is 0.415 e. The Morgan fingerprint density at radius 3 is 1.13 bits per heavy atom. The summed E-state index contributed by atoms with van der Waals surface area (Å²) in [6, 6.07) is 69.3. The van der Waals surface area contributed by atoms with Gasteiger partial charge in [-0.1, -0.05) is 140 Å². The van der Waals surface area contributed by atoms with E-state index in [-0.39, 0.29) is 6.98 Å². The molecule has 0 radical (unpaired) electrons. The Bertz CT molecular complexity index is 1920. The standard InChI is InChI=1S/C43H35BN2/c1-45(41-23-13-5-14-24-41)44(40-21-11-4-12-22-40)46(42-25-15-6-16-26-42)43-29-27-36(28-30-43)39-32-37(34-17-7-2-8-18-34)31-38(33-39)35-19-9-3-10-20-35/h2-33H,1H3. The summed E-state index contributed by atoms with van der Waals surface area (Å²) < 4.78 is 0. The molecule has 220 valence electrons. The minimum atomic E-state index is -0.0806. The van der Waals surface area contributed by atoms with Gasteiger partial charge >= 0.3 is 6.98 Å². The summed E-state index contributed by atoms with van der Waals surface area (Å²) >= 11 is 0. The summed E-state index contributed by atoms with van der Waals surface area (Å²) in [6.07, 6.45) is 0. The molecular formula is C43H35BN2. The van der Waals surface area contributed by atoms with Gasteiger partial charge in [0.2, 0.25) is 0 Å². The van der Waals surface area contributed by atoms with Gasteiger partial charge in [-0.3, -0.25) is 0 Å². The molecule has 0 aliphatic carbocycles. The topological polar surface area (TPSA) is 6.48 Å². The van der Waals surface area contributed by atoms with Gasteiger partial charge in [-0.25, -0.2) is 0 Å². The largest absolute Gasteiger partial charge is 0.415 e. The lowest BCUT2D eigenvalue weighted by Crippen LogP contribution is -2.57. The fourth-order valence-corrected chi connectivity index (χ4v) is 6.20. The van der Waals surface area contributed by atoms with E-state index in [1.165, 1.54) is 38.8 Å². The zero-order chi connectivity index (χ0) is 31.1. The Hall–Kier alpha value is -5.80. The zero-order valence-corrected chi connectivity index (χ0v) is 25.9. The molecule has 7 aromatic rings. The maximum absolute atomic E-state index is 2.43. The predicted octanol–water partition coefficient (Wildman–Crippen LogP) is 10.4. The van der Waals surface area contributed by atoms with Crippen molar-refractivity contribution in [2.75, 3.05) is 16.7 Å². The molecule has 0 saturated carbocycles. The van der Waals surface area contributed by atoms with Crippen LogP contribution >= 0.6 is 0 Å². The molecule has 0 amide bonds. The molecule has 0 fully saturated rings. The van der Waals surface area contributed by atoms with E-state index >= 15 is 0 Å². The van der Waals surface area contributed by atoms with Crippen LogP contribution < -0.4 is 15.1 Å². The van der Waals surface area contributed by atoms with Crippen molar-refractivity contribution in [3.05, 3.63) is 194 Å². The average Bonchev–Trinajstić information content (AvgIpc) is 3.15. The molecule has 3 heteroatoms.